The van der Waals surface area contributed by atoms with Gasteiger partial charge in [0.05, 0.1) is 24.2 Å². The normalized spacial score (nSPS) is 15.4. The van der Waals surface area contributed by atoms with E-state index >= 15 is 0 Å². The van der Waals surface area contributed by atoms with Gasteiger partial charge >= 0.3 is 5.97 Å². The molecule has 1 aliphatic rings. The van der Waals surface area contributed by atoms with Gasteiger partial charge in [-0.2, -0.15) is 0 Å². The molecule has 1 heterocycles. The van der Waals surface area contributed by atoms with Crippen molar-refractivity contribution in [3.05, 3.63) is 48.5 Å². The molecular formula is C22H26N2O7S. The summed E-state index contributed by atoms with van der Waals surface area (Å²) < 4.78 is 43.0. The van der Waals surface area contributed by atoms with Gasteiger partial charge in [0, 0.05) is 6.54 Å². The summed E-state index contributed by atoms with van der Waals surface area (Å²) in [7, 11) is -2.33. The van der Waals surface area contributed by atoms with Gasteiger partial charge in [0.15, 0.2) is 6.61 Å². The zero-order chi connectivity index (χ0) is 23.1. The standard InChI is InChI=1S/C22H26N2O7S/c1-3-4-13-23-32(27,28)17-11-9-16(10-12-17)30-15-21(25)24-14-20(22(26)29-2)31-19-8-6-5-7-18(19)24/h5-12,20,23H,3-4,13-15H2,1-2H3. The third-order valence-electron chi connectivity index (χ3n) is 4.86. The van der Waals surface area contributed by atoms with Crippen molar-refractivity contribution in [1.29, 1.82) is 0 Å². The number of para-hydroxylation sites is 2. The SMILES string of the molecule is CCCCNS(=O)(=O)c1ccc(OCC(=O)N2CC(C(=O)OC)Oc3ccccc32)cc1. The number of carbonyl (C=O) groups is 2. The second kappa shape index (κ2) is 10.5. The molecule has 0 fully saturated rings. The molecular weight excluding hydrogens is 436 g/mol. The first-order valence-corrected chi connectivity index (χ1v) is 11.7. The van der Waals surface area contributed by atoms with Crippen LogP contribution in [-0.4, -0.2) is 53.2 Å². The summed E-state index contributed by atoms with van der Waals surface area (Å²) in [4.78, 5) is 26.3. The molecule has 0 saturated carbocycles. The number of hydrogen-bond acceptors (Lipinski definition) is 7. The number of anilines is 1. The number of nitrogens with zero attached hydrogens (tertiary/aromatic N) is 1. The molecule has 172 valence electrons. The molecule has 1 aliphatic heterocycles. The van der Waals surface area contributed by atoms with Crippen LogP contribution in [0.3, 0.4) is 0 Å². The summed E-state index contributed by atoms with van der Waals surface area (Å²) in [6.07, 6.45) is 0.699. The highest BCUT2D eigenvalue weighted by molar-refractivity contribution is 7.89. The van der Waals surface area contributed by atoms with Gasteiger partial charge in [0.25, 0.3) is 5.91 Å². The molecule has 32 heavy (non-hydrogen) atoms. The van der Waals surface area contributed by atoms with E-state index in [-0.39, 0.29) is 24.0 Å². The van der Waals surface area contributed by atoms with Gasteiger partial charge in [-0.15, -0.1) is 0 Å². The van der Waals surface area contributed by atoms with E-state index in [1.165, 1.54) is 36.3 Å². The number of fused-ring (bicyclic) bond motifs is 1. The summed E-state index contributed by atoms with van der Waals surface area (Å²) in [6, 6.07) is 12.7. The van der Waals surface area contributed by atoms with Crippen LogP contribution in [-0.2, 0) is 24.3 Å². The fraction of sp³-hybridized carbons (Fsp3) is 0.364. The van der Waals surface area contributed by atoms with Crippen LogP contribution < -0.4 is 19.1 Å². The second-order valence-electron chi connectivity index (χ2n) is 7.11. The number of methoxy groups -OCH3 is 1. The summed E-state index contributed by atoms with van der Waals surface area (Å²) in [6.45, 7) is 2.04. The van der Waals surface area contributed by atoms with Crippen LogP contribution in [0.25, 0.3) is 0 Å². The number of benzene rings is 2. The lowest BCUT2D eigenvalue weighted by atomic mass is 10.2. The van der Waals surface area contributed by atoms with Crippen LogP contribution >= 0.6 is 0 Å². The Bertz CT molecular complexity index is 1050. The zero-order valence-electron chi connectivity index (χ0n) is 17.9. The van der Waals surface area contributed by atoms with Gasteiger partial charge in [-0.3, -0.25) is 4.79 Å². The molecule has 9 nitrogen and oxygen atoms in total. The van der Waals surface area contributed by atoms with Gasteiger partial charge in [-0.25, -0.2) is 17.9 Å². The first-order chi connectivity index (χ1) is 15.4. The number of sulfonamides is 1. The van der Waals surface area contributed by atoms with Crippen LogP contribution in [0, 0.1) is 0 Å². The minimum absolute atomic E-state index is 0.00745. The van der Waals surface area contributed by atoms with Crippen molar-refractivity contribution in [2.45, 2.75) is 30.8 Å². The quantitative estimate of drug-likeness (QED) is 0.449. The van der Waals surface area contributed by atoms with Crippen molar-refractivity contribution in [2.75, 3.05) is 31.7 Å². The second-order valence-corrected chi connectivity index (χ2v) is 8.88. The Morgan fingerprint density at radius 1 is 1.16 bits per heavy atom. The van der Waals surface area contributed by atoms with Gasteiger partial charge in [0.2, 0.25) is 16.1 Å². The van der Waals surface area contributed by atoms with Crippen LogP contribution in [0.1, 0.15) is 19.8 Å². The first kappa shape index (κ1) is 23.6. The Labute approximate surface area is 187 Å². The monoisotopic (exact) mass is 462 g/mol. The topological polar surface area (TPSA) is 111 Å². The third-order valence-corrected chi connectivity index (χ3v) is 6.33. The maximum absolute atomic E-state index is 12.9. The maximum Gasteiger partial charge on any atom is 0.348 e. The maximum atomic E-state index is 12.9. The van der Waals surface area contributed by atoms with Crippen molar-refractivity contribution in [1.82, 2.24) is 4.72 Å². The van der Waals surface area contributed by atoms with Crippen molar-refractivity contribution in [3.63, 3.8) is 0 Å². The Morgan fingerprint density at radius 2 is 1.88 bits per heavy atom. The Hall–Kier alpha value is -3.11. The number of carbonyl (C=O) groups excluding carboxylic acids is 2. The lowest BCUT2D eigenvalue weighted by Gasteiger charge is -2.33. The van der Waals surface area contributed by atoms with E-state index in [1.807, 2.05) is 6.92 Å². The molecule has 3 rings (SSSR count). The number of rotatable bonds is 9. The van der Waals surface area contributed by atoms with Crippen molar-refractivity contribution in [2.24, 2.45) is 0 Å². The summed E-state index contributed by atoms with van der Waals surface area (Å²) in [5.41, 5.74) is 0.529. The van der Waals surface area contributed by atoms with Crippen LogP contribution in [0.2, 0.25) is 0 Å². The van der Waals surface area contributed by atoms with E-state index in [4.69, 9.17) is 14.2 Å². The minimum atomic E-state index is -3.59. The molecule has 0 spiro atoms. The molecule has 10 heteroatoms. The number of ether oxygens (including phenoxy) is 3. The molecule has 2 aromatic rings. The van der Waals surface area contributed by atoms with Crippen LogP contribution in [0.15, 0.2) is 53.4 Å². The van der Waals surface area contributed by atoms with E-state index in [9.17, 15) is 18.0 Å². The Morgan fingerprint density at radius 3 is 2.56 bits per heavy atom. The predicted molar refractivity (Wildman–Crippen MR) is 117 cm³/mol. The molecule has 0 saturated heterocycles. The largest absolute Gasteiger partial charge is 0.484 e. The first-order valence-electron chi connectivity index (χ1n) is 10.2. The molecule has 0 bridgehead atoms. The third kappa shape index (κ3) is 5.57. The molecule has 1 amide bonds. The average molecular weight is 463 g/mol. The molecule has 1 unspecified atom stereocenters. The van der Waals surface area contributed by atoms with Gasteiger partial charge < -0.3 is 19.1 Å². The Balaban J connectivity index is 1.65. The fourth-order valence-corrected chi connectivity index (χ4v) is 4.20. The molecule has 2 aromatic carbocycles. The molecule has 0 aromatic heterocycles. The number of nitrogens with one attached hydrogen (secondary N) is 1. The van der Waals surface area contributed by atoms with Gasteiger partial charge in [-0.1, -0.05) is 25.5 Å². The molecule has 0 radical (unpaired) electrons. The van der Waals surface area contributed by atoms with Gasteiger partial charge in [-0.05, 0) is 42.8 Å². The average Bonchev–Trinajstić information content (AvgIpc) is 2.81. The highest BCUT2D eigenvalue weighted by Crippen LogP contribution is 2.33. The summed E-state index contributed by atoms with van der Waals surface area (Å²) >= 11 is 0. The van der Waals surface area contributed by atoms with E-state index in [1.54, 1.807) is 24.3 Å². The molecule has 1 N–H and O–H groups in total. The number of esters is 1. The minimum Gasteiger partial charge on any atom is -0.484 e. The van der Waals surface area contributed by atoms with E-state index in [2.05, 4.69) is 4.72 Å². The fourth-order valence-electron chi connectivity index (χ4n) is 3.13. The van der Waals surface area contributed by atoms with Crippen molar-refractivity contribution >= 4 is 27.6 Å². The number of amides is 1. The predicted octanol–water partition coefficient (Wildman–Crippen LogP) is 2.11. The van der Waals surface area contributed by atoms with Crippen LogP contribution in [0.4, 0.5) is 5.69 Å². The van der Waals surface area contributed by atoms with E-state index in [0.29, 0.717) is 23.7 Å². The number of hydrogen-bond donors (Lipinski definition) is 1. The zero-order valence-corrected chi connectivity index (χ0v) is 18.8. The smallest absolute Gasteiger partial charge is 0.348 e. The Kier molecular flexibility index (Phi) is 7.70. The lowest BCUT2D eigenvalue weighted by Crippen LogP contribution is -2.48. The number of unbranched alkanes of at least 4 members (excludes halogenated alkanes) is 1. The summed E-state index contributed by atoms with van der Waals surface area (Å²) in [5, 5.41) is 0. The highest BCUT2D eigenvalue weighted by atomic mass is 32.2. The highest BCUT2D eigenvalue weighted by Gasteiger charge is 2.34. The van der Waals surface area contributed by atoms with Crippen LogP contribution in [0.5, 0.6) is 11.5 Å². The molecule has 1 atom stereocenters. The summed E-state index contributed by atoms with van der Waals surface area (Å²) in [5.74, 6) is -0.222. The van der Waals surface area contributed by atoms with E-state index < -0.39 is 22.1 Å². The van der Waals surface area contributed by atoms with Crippen molar-refractivity contribution in [3.8, 4) is 11.5 Å². The molecule has 0 aliphatic carbocycles. The lowest BCUT2D eigenvalue weighted by molar-refractivity contribution is -0.148. The van der Waals surface area contributed by atoms with E-state index in [0.717, 1.165) is 12.8 Å². The van der Waals surface area contributed by atoms with Crippen molar-refractivity contribution < 1.29 is 32.2 Å². The van der Waals surface area contributed by atoms with Gasteiger partial charge in [0.1, 0.15) is 11.5 Å².